The lowest BCUT2D eigenvalue weighted by Crippen LogP contribution is -2.17. The lowest BCUT2D eigenvalue weighted by Gasteiger charge is -2.10. The van der Waals surface area contributed by atoms with E-state index in [1.165, 1.54) is 14.2 Å². The first-order valence-corrected chi connectivity index (χ1v) is 4.84. The first-order chi connectivity index (χ1) is 6.10. The number of rotatable bonds is 2. The van der Waals surface area contributed by atoms with Gasteiger partial charge in [-0.25, -0.2) is 0 Å². The summed E-state index contributed by atoms with van der Waals surface area (Å²) in [5.74, 6) is 0. The molecule has 0 bridgehead atoms. The van der Waals surface area contributed by atoms with Gasteiger partial charge in [0.05, 0.1) is 20.9 Å². The van der Waals surface area contributed by atoms with Gasteiger partial charge in [0.25, 0.3) is 0 Å². The molecule has 0 atom stereocenters. The van der Waals surface area contributed by atoms with Crippen molar-refractivity contribution in [3.05, 3.63) is 12.4 Å². The van der Waals surface area contributed by atoms with Crippen LogP contribution in [0.3, 0.4) is 0 Å². The molecule has 1 rings (SSSR count). The fraction of sp³-hybridized carbons (Fsp3) is 0.714. The summed E-state index contributed by atoms with van der Waals surface area (Å²) in [7, 11) is 4.93. The van der Waals surface area contributed by atoms with Crippen molar-refractivity contribution in [1.82, 2.24) is 9.80 Å². The Hall–Kier alpha value is -0.640. The van der Waals surface area contributed by atoms with Crippen molar-refractivity contribution in [1.29, 1.82) is 0 Å². The predicted molar refractivity (Wildman–Crippen MR) is 51.2 cm³/mol. The topological polar surface area (TPSA) is 42.0 Å². The molecule has 0 spiro atoms. The van der Waals surface area contributed by atoms with Gasteiger partial charge in [0.15, 0.2) is 0 Å². The largest absolute Gasteiger partial charge is 0.696 e. The molecule has 0 unspecified atom stereocenters. The second-order valence-electron chi connectivity index (χ2n) is 2.54. The van der Waals surface area contributed by atoms with E-state index in [9.17, 15) is 4.57 Å². The highest BCUT2D eigenvalue weighted by molar-refractivity contribution is 7.33. The maximum absolute atomic E-state index is 9.88. The van der Waals surface area contributed by atoms with Crippen LogP contribution in [0.4, 0.5) is 0 Å². The Morgan fingerprint density at radius 3 is 1.62 bits per heavy atom. The van der Waals surface area contributed by atoms with Gasteiger partial charge in [0.1, 0.15) is 0 Å². The van der Waals surface area contributed by atoms with Crippen LogP contribution in [-0.4, -0.2) is 44.8 Å². The molecular weight excluding hydrogens is 191 g/mol. The second-order valence-corrected chi connectivity index (χ2v) is 3.72. The molecule has 1 aliphatic rings. The van der Waals surface area contributed by atoms with Crippen molar-refractivity contribution >= 4 is 8.25 Å². The molecule has 6 heteroatoms. The molecule has 0 saturated carbocycles. The van der Waals surface area contributed by atoms with E-state index >= 15 is 0 Å². The lowest BCUT2D eigenvalue weighted by atomic mass is 10.9. The Morgan fingerprint density at radius 1 is 1.15 bits per heavy atom. The third-order valence-corrected chi connectivity index (χ3v) is 1.92. The van der Waals surface area contributed by atoms with Crippen molar-refractivity contribution in [2.45, 2.75) is 0 Å². The Bertz CT molecular complexity index is 171. The maximum Gasteiger partial charge on any atom is 0.696 e. The summed E-state index contributed by atoms with van der Waals surface area (Å²) in [5.41, 5.74) is 0. The van der Waals surface area contributed by atoms with Gasteiger partial charge >= 0.3 is 8.25 Å². The van der Waals surface area contributed by atoms with Crippen LogP contribution in [0, 0.1) is 0 Å². The summed E-state index contributed by atoms with van der Waals surface area (Å²) in [4.78, 5) is 4.25. The minimum atomic E-state index is -1.83. The molecule has 0 aromatic heterocycles. The fourth-order valence-electron chi connectivity index (χ4n) is 0.748. The lowest BCUT2D eigenvalue weighted by molar-refractivity contribution is 0.302. The van der Waals surface area contributed by atoms with Gasteiger partial charge in [-0.05, 0) is 0 Å². The number of hydrogen-bond acceptors (Lipinski definition) is 5. The molecule has 0 radical (unpaired) electrons. The summed E-state index contributed by atoms with van der Waals surface area (Å²) in [6, 6.07) is 0. The second kappa shape index (κ2) is 6.83. The zero-order valence-corrected chi connectivity index (χ0v) is 9.32. The zero-order chi connectivity index (χ0) is 10.3. The van der Waals surface area contributed by atoms with Crippen LogP contribution in [0.2, 0.25) is 0 Å². The third-order valence-electron chi connectivity index (χ3n) is 1.32. The third kappa shape index (κ3) is 6.51. The SMILES string of the molecule is CN1C=CN(C)C1.CO[P+](=O)OC. The number of nitrogens with zero attached hydrogens (tertiary/aromatic N) is 2. The Balaban J connectivity index is 0.000000226. The van der Waals surface area contributed by atoms with E-state index in [0.717, 1.165) is 6.67 Å². The highest BCUT2D eigenvalue weighted by Crippen LogP contribution is 2.18. The van der Waals surface area contributed by atoms with Crippen LogP contribution < -0.4 is 0 Å². The molecule has 0 amide bonds. The molecule has 0 fully saturated rings. The molecule has 1 heterocycles. The van der Waals surface area contributed by atoms with Gasteiger partial charge in [-0.1, -0.05) is 0 Å². The van der Waals surface area contributed by atoms with Gasteiger partial charge in [-0.2, -0.15) is 0 Å². The van der Waals surface area contributed by atoms with Crippen molar-refractivity contribution in [3.63, 3.8) is 0 Å². The van der Waals surface area contributed by atoms with Crippen molar-refractivity contribution in [2.75, 3.05) is 35.0 Å². The summed E-state index contributed by atoms with van der Waals surface area (Å²) in [6.07, 6.45) is 4.11. The molecule has 76 valence electrons. The Labute approximate surface area is 79.9 Å². The van der Waals surface area contributed by atoms with Crippen LogP contribution in [0.25, 0.3) is 0 Å². The first-order valence-electron chi connectivity index (χ1n) is 3.74. The highest BCUT2D eigenvalue weighted by atomic mass is 31.1. The van der Waals surface area contributed by atoms with Gasteiger partial charge in [-0.15, -0.1) is 9.05 Å². The minimum Gasteiger partial charge on any atom is -0.362 e. The van der Waals surface area contributed by atoms with Gasteiger partial charge in [0, 0.05) is 31.1 Å². The molecule has 0 N–H and O–H groups in total. The summed E-state index contributed by atoms with van der Waals surface area (Å²) in [5, 5.41) is 0. The highest BCUT2D eigenvalue weighted by Gasteiger charge is 2.10. The van der Waals surface area contributed by atoms with E-state index in [0.29, 0.717) is 0 Å². The van der Waals surface area contributed by atoms with Crippen molar-refractivity contribution in [2.24, 2.45) is 0 Å². The zero-order valence-electron chi connectivity index (χ0n) is 8.43. The van der Waals surface area contributed by atoms with Crippen molar-refractivity contribution < 1.29 is 13.6 Å². The maximum atomic E-state index is 9.88. The quantitative estimate of drug-likeness (QED) is 0.637. The summed E-state index contributed by atoms with van der Waals surface area (Å²) in [6.45, 7) is 1.03. The van der Waals surface area contributed by atoms with E-state index in [2.05, 4.69) is 45.3 Å². The van der Waals surface area contributed by atoms with Crippen LogP contribution in [0.1, 0.15) is 0 Å². The summed E-state index contributed by atoms with van der Waals surface area (Å²) < 4.78 is 18.3. The van der Waals surface area contributed by atoms with E-state index < -0.39 is 8.25 Å². The van der Waals surface area contributed by atoms with Crippen LogP contribution >= 0.6 is 8.25 Å². The van der Waals surface area contributed by atoms with Gasteiger partial charge in [-0.3, -0.25) is 0 Å². The van der Waals surface area contributed by atoms with E-state index in [1.807, 2.05) is 0 Å². The molecule has 0 aromatic rings. The average molecular weight is 207 g/mol. The van der Waals surface area contributed by atoms with E-state index in [1.54, 1.807) is 0 Å². The molecule has 1 aliphatic heterocycles. The van der Waals surface area contributed by atoms with Crippen LogP contribution in [-0.2, 0) is 13.6 Å². The first kappa shape index (κ1) is 12.4. The smallest absolute Gasteiger partial charge is 0.362 e. The molecule has 13 heavy (non-hydrogen) atoms. The molecular formula is C7H16N2O3P+. The molecule has 0 aromatic carbocycles. The Morgan fingerprint density at radius 2 is 1.54 bits per heavy atom. The summed E-state index contributed by atoms with van der Waals surface area (Å²) >= 11 is 0. The van der Waals surface area contributed by atoms with Crippen LogP contribution in [0.5, 0.6) is 0 Å². The normalized spacial score (nSPS) is 14.2. The van der Waals surface area contributed by atoms with Crippen molar-refractivity contribution in [3.8, 4) is 0 Å². The molecule has 5 nitrogen and oxygen atoms in total. The predicted octanol–water partition coefficient (Wildman–Crippen LogP) is 1.23. The van der Waals surface area contributed by atoms with E-state index in [4.69, 9.17) is 0 Å². The average Bonchev–Trinajstić information content (AvgIpc) is 2.49. The minimum absolute atomic E-state index is 1.03. The monoisotopic (exact) mass is 207 g/mol. The fourth-order valence-corrected chi connectivity index (χ4v) is 0.897. The Kier molecular flexibility index (Phi) is 6.49. The van der Waals surface area contributed by atoms with Gasteiger partial charge in [0.2, 0.25) is 0 Å². The molecule has 0 saturated heterocycles. The van der Waals surface area contributed by atoms with Crippen LogP contribution in [0.15, 0.2) is 12.4 Å². The number of hydrogen-bond donors (Lipinski definition) is 0. The van der Waals surface area contributed by atoms with E-state index in [-0.39, 0.29) is 0 Å². The van der Waals surface area contributed by atoms with Gasteiger partial charge < -0.3 is 9.80 Å². The molecule has 0 aliphatic carbocycles. The standard InChI is InChI=1S/C5H10N2.C2H6O3P/c1-6-3-4-7(2)5-6;1-4-6(3)5-2/h3-4H,5H2,1-2H3;1-2H3/q;+1.